The van der Waals surface area contributed by atoms with Gasteiger partial charge in [-0.25, -0.2) is 0 Å². The summed E-state index contributed by atoms with van der Waals surface area (Å²) in [4.78, 5) is 6.56. The number of hydrogen-bond donors (Lipinski definition) is 1. The zero-order valence-corrected chi connectivity index (χ0v) is 9.72. The van der Waals surface area contributed by atoms with Gasteiger partial charge in [-0.15, -0.1) is 0 Å². The molecule has 1 aromatic rings. The number of hydrogen-bond acceptors (Lipinski definition) is 4. The first-order valence-electron chi connectivity index (χ1n) is 5.75. The number of likely N-dealkylation sites (N-methyl/N-ethyl adjacent to an activating group) is 1. The quantitative estimate of drug-likeness (QED) is 0.803. The van der Waals surface area contributed by atoms with E-state index in [0.29, 0.717) is 6.10 Å². The number of nitrogens with one attached hydrogen (secondary N) is 1. The van der Waals surface area contributed by atoms with E-state index in [0.717, 1.165) is 38.5 Å². The van der Waals surface area contributed by atoms with Crippen LogP contribution in [0.1, 0.15) is 5.69 Å². The minimum atomic E-state index is 0.308. The standard InChI is InChI=1S/C12H19N3O/c1-15-6-7-16-12(10-15)9-13-8-11-4-2-3-5-14-11/h2-5,12-13H,6-10H2,1H3. The molecule has 0 bridgehead atoms. The summed E-state index contributed by atoms with van der Waals surface area (Å²) in [6.07, 6.45) is 2.13. The summed E-state index contributed by atoms with van der Waals surface area (Å²) in [7, 11) is 2.13. The van der Waals surface area contributed by atoms with Crippen molar-refractivity contribution < 1.29 is 4.74 Å². The highest BCUT2D eigenvalue weighted by Gasteiger charge is 2.16. The molecule has 0 aliphatic carbocycles. The number of pyridine rings is 1. The van der Waals surface area contributed by atoms with E-state index >= 15 is 0 Å². The Labute approximate surface area is 96.6 Å². The minimum absolute atomic E-state index is 0.308. The summed E-state index contributed by atoms with van der Waals surface area (Å²) in [6.45, 7) is 4.59. The lowest BCUT2D eigenvalue weighted by Crippen LogP contribution is -2.44. The van der Waals surface area contributed by atoms with Crippen molar-refractivity contribution in [3.8, 4) is 0 Å². The van der Waals surface area contributed by atoms with Crippen LogP contribution in [-0.2, 0) is 11.3 Å². The fourth-order valence-electron chi connectivity index (χ4n) is 1.85. The molecule has 4 nitrogen and oxygen atoms in total. The third-order valence-corrected chi connectivity index (χ3v) is 2.75. The molecule has 0 radical (unpaired) electrons. The lowest BCUT2D eigenvalue weighted by molar-refractivity contribution is -0.0182. The number of aromatic nitrogens is 1. The van der Waals surface area contributed by atoms with Crippen molar-refractivity contribution in [2.75, 3.05) is 33.3 Å². The van der Waals surface area contributed by atoms with E-state index < -0.39 is 0 Å². The average molecular weight is 221 g/mol. The first-order valence-corrected chi connectivity index (χ1v) is 5.75. The zero-order valence-electron chi connectivity index (χ0n) is 9.72. The van der Waals surface area contributed by atoms with E-state index in [2.05, 4.69) is 22.2 Å². The number of morpholine rings is 1. The monoisotopic (exact) mass is 221 g/mol. The van der Waals surface area contributed by atoms with Crippen LogP contribution in [0.5, 0.6) is 0 Å². The van der Waals surface area contributed by atoms with Crippen molar-refractivity contribution in [3.63, 3.8) is 0 Å². The predicted molar refractivity (Wildman–Crippen MR) is 63.2 cm³/mol. The molecule has 1 aromatic heterocycles. The molecule has 1 unspecified atom stereocenters. The van der Waals surface area contributed by atoms with E-state index in [1.54, 1.807) is 0 Å². The second-order valence-electron chi connectivity index (χ2n) is 4.21. The molecule has 2 rings (SSSR count). The maximum absolute atomic E-state index is 5.66. The van der Waals surface area contributed by atoms with Gasteiger partial charge in [0.2, 0.25) is 0 Å². The van der Waals surface area contributed by atoms with Crippen LogP contribution < -0.4 is 5.32 Å². The summed E-state index contributed by atoms with van der Waals surface area (Å²) < 4.78 is 5.66. The molecule has 4 heteroatoms. The number of nitrogens with zero attached hydrogens (tertiary/aromatic N) is 2. The fraction of sp³-hybridized carbons (Fsp3) is 0.583. The minimum Gasteiger partial charge on any atom is -0.374 e. The SMILES string of the molecule is CN1CCOC(CNCc2ccccn2)C1. The maximum Gasteiger partial charge on any atom is 0.0826 e. The summed E-state index contributed by atoms with van der Waals surface area (Å²) >= 11 is 0. The molecular formula is C12H19N3O. The third-order valence-electron chi connectivity index (χ3n) is 2.75. The van der Waals surface area contributed by atoms with E-state index in [9.17, 15) is 0 Å². The molecule has 1 N–H and O–H groups in total. The van der Waals surface area contributed by atoms with Crippen LogP contribution in [-0.4, -0.2) is 49.3 Å². The zero-order chi connectivity index (χ0) is 11.2. The molecule has 1 aliphatic heterocycles. The topological polar surface area (TPSA) is 37.4 Å². The van der Waals surface area contributed by atoms with Gasteiger partial charge in [-0.3, -0.25) is 4.98 Å². The van der Waals surface area contributed by atoms with Crippen molar-refractivity contribution in [2.45, 2.75) is 12.6 Å². The molecular weight excluding hydrogens is 202 g/mol. The highest BCUT2D eigenvalue weighted by atomic mass is 16.5. The molecule has 0 amide bonds. The van der Waals surface area contributed by atoms with Gasteiger partial charge in [0.25, 0.3) is 0 Å². The van der Waals surface area contributed by atoms with Crippen molar-refractivity contribution in [1.82, 2.24) is 15.2 Å². The molecule has 2 heterocycles. The van der Waals surface area contributed by atoms with Crippen LogP contribution in [0.4, 0.5) is 0 Å². The molecule has 0 spiro atoms. The third kappa shape index (κ3) is 3.56. The Balaban J connectivity index is 1.68. The molecule has 1 fully saturated rings. The first kappa shape index (κ1) is 11.5. The van der Waals surface area contributed by atoms with Crippen LogP contribution in [0.15, 0.2) is 24.4 Å². The Bertz CT molecular complexity index is 304. The van der Waals surface area contributed by atoms with Crippen molar-refractivity contribution >= 4 is 0 Å². The highest BCUT2D eigenvalue weighted by molar-refractivity contribution is 5.02. The molecule has 0 saturated carbocycles. The summed E-state index contributed by atoms with van der Waals surface area (Å²) in [5.74, 6) is 0. The molecule has 1 atom stereocenters. The van der Waals surface area contributed by atoms with Crippen LogP contribution in [0, 0.1) is 0 Å². The van der Waals surface area contributed by atoms with Gasteiger partial charge in [0.1, 0.15) is 0 Å². The largest absolute Gasteiger partial charge is 0.374 e. The number of rotatable bonds is 4. The van der Waals surface area contributed by atoms with E-state index in [-0.39, 0.29) is 0 Å². The van der Waals surface area contributed by atoms with Gasteiger partial charge in [0.05, 0.1) is 18.4 Å². The fourth-order valence-corrected chi connectivity index (χ4v) is 1.85. The normalized spacial score (nSPS) is 22.2. The van der Waals surface area contributed by atoms with Gasteiger partial charge in [0.15, 0.2) is 0 Å². The smallest absolute Gasteiger partial charge is 0.0826 e. The second-order valence-corrected chi connectivity index (χ2v) is 4.21. The number of ether oxygens (including phenoxy) is 1. The average Bonchev–Trinajstić information content (AvgIpc) is 2.30. The molecule has 1 saturated heterocycles. The maximum atomic E-state index is 5.66. The first-order chi connectivity index (χ1) is 7.84. The lowest BCUT2D eigenvalue weighted by Gasteiger charge is -2.30. The van der Waals surface area contributed by atoms with Crippen molar-refractivity contribution in [1.29, 1.82) is 0 Å². The van der Waals surface area contributed by atoms with Gasteiger partial charge >= 0.3 is 0 Å². The van der Waals surface area contributed by atoms with E-state index in [4.69, 9.17) is 4.74 Å². The Morgan fingerprint density at radius 1 is 1.56 bits per heavy atom. The summed E-state index contributed by atoms with van der Waals surface area (Å²) in [5.41, 5.74) is 1.08. The molecule has 0 aromatic carbocycles. The summed E-state index contributed by atoms with van der Waals surface area (Å²) in [5, 5.41) is 3.38. The Morgan fingerprint density at radius 3 is 3.25 bits per heavy atom. The van der Waals surface area contributed by atoms with Crippen LogP contribution in [0.3, 0.4) is 0 Å². The van der Waals surface area contributed by atoms with Crippen molar-refractivity contribution in [3.05, 3.63) is 30.1 Å². The molecule has 1 aliphatic rings. The van der Waals surface area contributed by atoms with E-state index in [1.807, 2.05) is 24.4 Å². The molecule has 88 valence electrons. The van der Waals surface area contributed by atoms with Crippen LogP contribution in [0.25, 0.3) is 0 Å². The predicted octanol–water partition coefficient (Wildman–Crippen LogP) is 0.502. The van der Waals surface area contributed by atoms with Gasteiger partial charge in [-0.05, 0) is 19.2 Å². The highest BCUT2D eigenvalue weighted by Crippen LogP contribution is 2.02. The van der Waals surface area contributed by atoms with E-state index in [1.165, 1.54) is 0 Å². The Hall–Kier alpha value is -0.970. The molecule has 16 heavy (non-hydrogen) atoms. The van der Waals surface area contributed by atoms with Gasteiger partial charge < -0.3 is 15.0 Å². The second kappa shape index (κ2) is 5.94. The van der Waals surface area contributed by atoms with Gasteiger partial charge in [-0.1, -0.05) is 6.07 Å². The van der Waals surface area contributed by atoms with Gasteiger partial charge in [-0.2, -0.15) is 0 Å². The Kier molecular flexibility index (Phi) is 4.27. The lowest BCUT2D eigenvalue weighted by atomic mass is 10.2. The summed E-state index contributed by atoms with van der Waals surface area (Å²) in [6, 6.07) is 5.97. The van der Waals surface area contributed by atoms with Gasteiger partial charge in [0, 0.05) is 32.4 Å². The van der Waals surface area contributed by atoms with Crippen molar-refractivity contribution in [2.24, 2.45) is 0 Å². The van der Waals surface area contributed by atoms with Crippen LogP contribution in [0.2, 0.25) is 0 Å². The van der Waals surface area contributed by atoms with Crippen LogP contribution >= 0.6 is 0 Å². The Morgan fingerprint density at radius 2 is 2.50 bits per heavy atom.